The third kappa shape index (κ3) is 3.73. The molecule has 0 aliphatic heterocycles. The van der Waals surface area contributed by atoms with Crippen LogP contribution in [-0.4, -0.2) is 47.4 Å². The van der Waals surface area contributed by atoms with Gasteiger partial charge < -0.3 is 15.3 Å². The number of nitrogens with one attached hydrogen (secondary N) is 4. The Morgan fingerprint density at radius 1 is 1.14 bits per heavy atom. The highest BCUT2D eigenvalue weighted by molar-refractivity contribution is 7.89. The van der Waals surface area contributed by atoms with Crippen LogP contribution in [0.25, 0.3) is 22.1 Å². The molecule has 0 bridgehead atoms. The number of benzene rings is 1. The molecule has 3 heterocycles. The number of para-hydroxylation sites is 2. The van der Waals surface area contributed by atoms with Crippen molar-refractivity contribution >= 4 is 38.0 Å². The highest BCUT2D eigenvalue weighted by Gasteiger charge is 2.20. The molecule has 4 N–H and O–H groups in total. The predicted molar refractivity (Wildman–Crippen MR) is 104 cm³/mol. The standard InChI is InChI=1S/C18H18N6O3S/c25-17(19-9-7-16-23-13-5-1-2-6-14(13)24-16)11-22-28(26,27)15-10-21-18-12(15)4-3-8-20-18/h1-6,8,10,22H,7,9,11H2,(H,19,25)(H,20,21)(H,23,24). The molecule has 0 aliphatic carbocycles. The fourth-order valence-electron chi connectivity index (χ4n) is 2.90. The summed E-state index contributed by atoms with van der Waals surface area (Å²) in [5, 5.41) is 3.16. The molecule has 28 heavy (non-hydrogen) atoms. The molecule has 4 aromatic rings. The van der Waals surface area contributed by atoms with Gasteiger partial charge >= 0.3 is 0 Å². The van der Waals surface area contributed by atoms with Crippen molar-refractivity contribution in [2.24, 2.45) is 0 Å². The summed E-state index contributed by atoms with van der Waals surface area (Å²) in [6.07, 6.45) is 3.44. The summed E-state index contributed by atoms with van der Waals surface area (Å²) < 4.78 is 27.2. The second kappa shape index (κ2) is 7.41. The maximum Gasteiger partial charge on any atom is 0.243 e. The minimum absolute atomic E-state index is 0.0608. The van der Waals surface area contributed by atoms with Crippen molar-refractivity contribution in [1.29, 1.82) is 0 Å². The number of hydrogen-bond donors (Lipinski definition) is 4. The van der Waals surface area contributed by atoms with E-state index in [9.17, 15) is 13.2 Å². The zero-order valence-electron chi connectivity index (χ0n) is 14.8. The lowest BCUT2D eigenvalue weighted by Gasteiger charge is -2.06. The van der Waals surface area contributed by atoms with Crippen molar-refractivity contribution in [3.05, 3.63) is 54.6 Å². The van der Waals surface area contributed by atoms with E-state index in [4.69, 9.17) is 0 Å². The number of hydrogen-bond acceptors (Lipinski definition) is 5. The van der Waals surface area contributed by atoms with E-state index in [1.54, 1.807) is 18.3 Å². The lowest BCUT2D eigenvalue weighted by molar-refractivity contribution is -0.119. The largest absolute Gasteiger partial charge is 0.355 e. The number of amides is 1. The van der Waals surface area contributed by atoms with Crippen LogP contribution in [0.15, 0.2) is 53.7 Å². The van der Waals surface area contributed by atoms with Crippen molar-refractivity contribution < 1.29 is 13.2 Å². The van der Waals surface area contributed by atoms with Gasteiger partial charge in [-0.25, -0.2) is 23.1 Å². The smallest absolute Gasteiger partial charge is 0.243 e. The van der Waals surface area contributed by atoms with Crippen LogP contribution in [0.4, 0.5) is 0 Å². The summed E-state index contributed by atoms with van der Waals surface area (Å²) in [6.45, 7) is -0.00716. The molecule has 1 amide bonds. The molecule has 144 valence electrons. The van der Waals surface area contributed by atoms with E-state index in [1.807, 2.05) is 24.3 Å². The zero-order chi connectivity index (χ0) is 19.6. The summed E-state index contributed by atoms with van der Waals surface area (Å²) in [7, 11) is -3.83. The summed E-state index contributed by atoms with van der Waals surface area (Å²) >= 11 is 0. The molecule has 0 saturated heterocycles. The average Bonchev–Trinajstić information content (AvgIpc) is 3.30. The number of nitrogens with zero attached hydrogens (tertiary/aromatic N) is 2. The summed E-state index contributed by atoms with van der Waals surface area (Å²) in [5.74, 6) is 0.339. The first kappa shape index (κ1) is 18.1. The first-order valence-electron chi connectivity index (χ1n) is 8.65. The Balaban J connectivity index is 1.31. The van der Waals surface area contributed by atoms with E-state index in [0.717, 1.165) is 16.9 Å². The lowest BCUT2D eigenvalue weighted by atomic mass is 10.3. The van der Waals surface area contributed by atoms with E-state index in [0.29, 0.717) is 24.0 Å². The molecule has 10 heteroatoms. The van der Waals surface area contributed by atoms with Gasteiger partial charge in [-0.3, -0.25) is 4.79 Å². The van der Waals surface area contributed by atoms with Crippen molar-refractivity contribution in [3.8, 4) is 0 Å². The highest BCUT2D eigenvalue weighted by Crippen LogP contribution is 2.20. The van der Waals surface area contributed by atoms with Crippen molar-refractivity contribution in [2.75, 3.05) is 13.1 Å². The number of pyridine rings is 1. The molecule has 0 saturated carbocycles. The van der Waals surface area contributed by atoms with E-state index in [-0.39, 0.29) is 11.4 Å². The first-order chi connectivity index (χ1) is 13.5. The van der Waals surface area contributed by atoms with Crippen LogP contribution in [0.2, 0.25) is 0 Å². The Morgan fingerprint density at radius 3 is 2.86 bits per heavy atom. The van der Waals surface area contributed by atoms with Crippen LogP contribution in [0.5, 0.6) is 0 Å². The number of carbonyl (C=O) groups is 1. The van der Waals surface area contributed by atoms with E-state index < -0.39 is 15.9 Å². The minimum Gasteiger partial charge on any atom is -0.355 e. The van der Waals surface area contributed by atoms with E-state index in [2.05, 4.69) is 30.0 Å². The predicted octanol–water partition coefficient (Wildman–Crippen LogP) is 1.08. The van der Waals surface area contributed by atoms with Crippen LogP contribution in [-0.2, 0) is 21.2 Å². The maximum atomic E-state index is 12.5. The number of sulfonamides is 1. The number of rotatable bonds is 7. The quantitative estimate of drug-likeness (QED) is 0.370. The van der Waals surface area contributed by atoms with Crippen molar-refractivity contribution in [1.82, 2.24) is 30.0 Å². The molecule has 0 spiro atoms. The first-order valence-corrected chi connectivity index (χ1v) is 10.1. The van der Waals surface area contributed by atoms with Crippen LogP contribution in [0, 0.1) is 0 Å². The van der Waals surface area contributed by atoms with Gasteiger partial charge in [0.2, 0.25) is 15.9 Å². The molecule has 0 fully saturated rings. The number of H-pyrrole nitrogens is 2. The van der Waals surface area contributed by atoms with Gasteiger partial charge in [-0.1, -0.05) is 12.1 Å². The molecular formula is C18H18N6O3S. The average molecular weight is 398 g/mol. The maximum absolute atomic E-state index is 12.5. The second-order valence-electron chi connectivity index (χ2n) is 6.18. The lowest BCUT2D eigenvalue weighted by Crippen LogP contribution is -2.37. The molecule has 0 radical (unpaired) electrons. The third-order valence-electron chi connectivity index (χ3n) is 4.25. The Kier molecular flexibility index (Phi) is 4.80. The topological polar surface area (TPSA) is 133 Å². The van der Waals surface area contributed by atoms with E-state index in [1.165, 1.54) is 6.20 Å². The summed E-state index contributed by atoms with van der Waals surface area (Å²) in [5.41, 5.74) is 2.27. The zero-order valence-corrected chi connectivity index (χ0v) is 15.6. The highest BCUT2D eigenvalue weighted by atomic mass is 32.2. The second-order valence-corrected chi connectivity index (χ2v) is 7.91. The summed E-state index contributed by atoms with van der Waals surface area (Å²) in [6, 6.07) is 11.0. The molecule has 3 aromatic heterocycles. The third-order valence-corrected chi connectivity index (χ3v) is 5.69. The van der Waals surface area contributed by atoms with Crippen LogP contribution < -0.4 is 10.0 Å². The molecular weight excluding hydrogens is 380 g/mol. The fraction of sp³-hybridized carbons (Fsp3) is 0.167. The number of aromatic amines is 2. The SMILES string of the molecule is O=C(CNS(=O)(=O)c1c[nH]c2ncccc12)NCCc1nc2ccccc2[nH]1. The van der Waals surface area contributed by atoms with Gasteiger partial charge in [0.25, 0.3) is 0 Å². The molecule has 9 nitrogen and oxygen atoms in total. The molecule has 1 aromatic carbocycles. The Morgan fingerprint density at radius 2 is 2.00 bits per heavy atom. The number of fused-ring (bicyclic) bond motifs is 2. The number of imidazole rings is 1. The molecule has 0 aliphatic rings. The normalized spacial score (nSPS) is 11.9. The van der Waals surface area contributed by atoms with Crippen LogP contribution in [0.1, 0.15) is 5.82 Å². The molecule has 0 atom stereocenters. The van der Waals surface area contributed by atoms with Gasteiger partial charge in [-0.05, 0) is 24.3 Å². The van der Waals surface area contributed by atoms with Gasteiger partial charge in [0.05, 0.1) is 17.6 Å². The Bertz CT molecular complexity index is 1210. The fourth-order valence-corrected chi connectivity index (χ4v) is 4.04. The number of carbonyl (C=O) groups excluding carboxylic acids is 1. The minimum atomic E-state index is -3.83. The number of aromatic nitrogens is 4. The van der Waals surface area contributed by atoms with Crippen LogP contribution >= 0.6 is 0 Å². The monoisotopic (exact) mass is 398 g/mol. The van der Waals surface area contributed by atoms with E-state index >= 15 is 0 Å². The van der Waals surface area contributed by atoms with Gasteiger partial charge in [-0.15, -0.1) is 0 Å². The van der Waals surface area contributed by atoms with Gasteiger partial charge in [0, 0.05) is 30.7 Å². The Labute approximate surface area is 160 Å². The van der Waals surface area contributed by atoms with Gasteiger partial charge in [0.15, 0.2) is 0 Å². The Hall–Kier alpha value is -3.24. The molecule has 4 rings (SSSR count). The summed E-state index contributed by atoms with van der Waals surface area (Å²) in [4.78, 5) is 26.5. The molecule has 0 unspecified atom stereocenters. The van der Waals surface area contributed by atoms with Crippen molar-refractivity contribution in [2.45, 2.75) is 11.3 Å². The van der Waals surface area contributed by atoms with Crippen LogP contribution in [0.3, 0.4) is 0 Å². The van der Waals surface area contributed by atoms with Gasteiger partial charge in [-0.2, -0.15) is 0 Å². The van der Waals surface area contributed by atoms with Crippen molar-refractivity contribution in [3.63, 3.8) is 0 Å². The van der Waals surface area contributed by atoms with Gasteiger partial charge in [0.1, 0.15) is 16.4 Å².